The van der Waals surface area contributed by atoms with Crippen molar-refractivity contribution in [1.29, 1.82) is 0 Å². The van der Waals surface area contributed by atoms with Gasteiger partial charge in [0.25, 0.3) is 0 Å². The van der Waals surface area contributed by atoms with Crippen LogP contribution in [-0.2, 0) is 18.5 Å². The first kappa shape index (κ1) is 23.8. The Bertz CT molecular complexity index is 946. The number of benzene rings is 2. The third kappa shape index (κ3) is 6.77. The molecule has 0 aliphatic heterocycles. The molecule has 0 aliphatic rings. The van der Waals surface area contributed by atoms with Crippen molar-refractivity contribution in [2.45, 2.75) is 0 Å². The van der Waals surface area contributed by atoms with Gasteiger partial charge in [-0.05, 0) is 35.4 Å². The van der Waals surface area contributed by atoms with Crippen LogP contribution >= 0.6 is 16.5 Å². The predicted molar refractivity (Wildman–Crippen MR) is 107 cm³/mol. The fraction of sp³-hybridized carbons (Fsp3) is 0.176. The fourth-order valence-electron chi connectivity index (χ4n) is 2.32. The summed E-state index contributed by atoms with van der Waals surface area (Å²) in [6, 6.07) is 7.97. The van der Waals surface area contributed by atoms with Gasteiger partial charge in [-0.3, -0.25) is 9.13 Å². The molecule has 0 fully saturated rings. The number of methoxy groups -OCH3 is 3. The van der Waals surface area contributed by atoms with E-state index >= 15 is 0 Å². The van der Waals surface area contributed by atoms with Crippen molar-refractivity contribution in [2.75, 3.05) is 21.3 Å². The Morgan fingerprint density at radius 3 is 1.80 bits per heavy atom. The second kappa shape index (κ2) is 11.6. The topological polar surface area (TPSA) is 139 Å². The zero-order chi connectivity index (χ0) is 22.1. The van der Waals surface area contributed by atoms with Gasteiger partial charge in [0, 0.05) is 0 Å². The molecule has 13 heteroatoms. The number of rotatable bonds is 11. The molecular weight excluding hydrogens is 442 g/mol. The van der Waals surface area contributed by atoms with Gasteiger partial charge in [-0.15, -0.1) is 9.35 Å². The first-order chi connectivity index (χ1) is 14.4. The van der Waals surface area contributed by atoms with Crippen LogP contribution < -0.4 is 24.0 Å². The third-order valence-corrected chi connectivity index (χ3v) is 3.98. The lowest BCUT2D eigenvalue weighted by atomic mass is 10.1. The highest BCUT2D eigenvalue weighted by molar-refractivity contribution is 7.32. The van der Waals surface area contributed by atoms with Gasteiger partial charge in [0.1, 0.15) is 0 Å². The van der Waals surface area contributed by atoms with Gasteiger partial charge in [0.15, 0.2) is 11.5 Å². The monoisotopic (exact) mass is 462 g/mol. The molecule has 0 saturated heterocycles. The summed E-state index contributed by atoms with van der Waals surface area (Å²) >= 11 is 0. The molecule has 0 aliphatic carbocycles. The van der Waals surface area contributed by atoms with E-state index in [0.717, 1.165) is 0 Å². The van der Waals surface area contributed by atoms with E-state index in [0.29, 0.717) is 22.6 Å². The van der Waals surface area contributed by atoms with E-state index in [1.807, 2.05) is 0 Å². The van der Waals surface area contributed by atoms with Crippen molar-refractivity contribution in [3.05, 3.63) is 41.5 Å². The van der Waals surface area contributed by atoms with Crippen LogP contribution in [0.4, 0.5) is 0 Å². The normalized spacial score (nSPS) is 13.0. The molecule has 0 amide bonds. The van der Waals surface area contributed by atoms with Crippen molar-refractivity contribution >= 4 is 28.7 Å². The molecule has 2 unspecified atom stereocenters. The Balaban J connectivity index is 2.34. The van der Waals surface area contributed by atoms with Crippen LogP contribution in [0.1, 0.15) is 11.1 Å². The highest BCUT2D eigenvalue weighted by Crippen LogP contribution is 2.40. The van der Waals surface area contributed by atoms with E-state index in [-0.39, 0.29) is 17.2 Å². The van der Waals surface area contributed by atoms with Crippen molar-refractivity contribution in [3.8, 4) is 28.7 Å². The first-order valence-electron chi connectivity index (χ1n) is 8.15. The van der Waals surface area contributed by atoms with E-state index in [9.17, 15) is 9.13 Å². The molecule has 2 aromatic carbocycles. The van der Waals surface area contributed by atoms with Crippen LogP contribution in [0.2, 0.25) is 0 Å². The summed E-state index contributed by atoms with van der Waals surface area (Å²) in [4.78, 5) is 27.3. The minimum absolute atomic E-state index is 0.0316. The Hall–Kier alpha value is -2.52. The smallest absolute Gasteiger partial charge is 0.355 e. The minimum Gasteiger partial charge on any atom is -0.493 e. The maximum atomic E-state index is 10.8. The zero-order valence-electron chi connectivity index (χ0n) is 16.1. The summed E-state index contributed by atoms with van der Waals surface area (Å²) in [5, 5.41) is 0. The maximum Gasteiger partial charge on any atom is 0.355 e. The van der Waals surface area contributed by atoms with Crippen LogP contribution in [0.15, 0.2) is 30.3 Å². The van der Waals surface area contributed by atoms with Crippen LogP contribution in [0.3, 0.4) is 0 Å². The minimum atomic E-state index is -3.33. The average Bonchev–Trinajstić information content (AvgIpc) is 2.74. The van der Waals surface area contributed by atoms with Gasteiger partial charge in [-0.25, -0.2) is 0 Å². The molecule has 2 N–H and O–H groups in total. The Labute approximate surface area is 173 Å². The molecule has 11 nitrogen and oxygen atoms in total. The van der Waals surface area contributed by atoms with Gasteiger partial charge in [0.2, 0.25) is 17.2 Å². The molecule has 0 radical (unpaired) electrons. The van der Waals surface area contributed by atoms with Crippen molar-refractivity contribution in [1.82, 2.24) is 0 Å². The number of hydrogen-bond donors (Lipinski definition) is 2. The van der Waals surface area contributed by atoms with Crippen molar-refractivity contribution in [2.24, 2.45) is 0 Å². The van der Waals surface area contributed by atoms with Gasteiger partial charge in [-0.1, -0.05) is 18.2 Å². The third-order valence-electron chi connectivity index (χ3n) is 3.53. The fourth-order valence-corrected chi connectivity index (χ4v) is 2.65. The van der Waals surface area contributed by atoms with Crippen LogP contribution in [0, 0.1) is 0 Å². The van der Waals surface area contributed by atoms with Crippen molar-refractivity contribution in [3.63, 3.8) is 0 Å². The standard InChI is InChI=1S/C17H20O11P2/c1-22-13-7-6-11(8-14(13)25-27-29(18)19)4-5-12-9-15(23-2)17(24-3)16(10-12)26-28-30(20)21/h4-10,29-30H,1-3H3,(H,18,19)(H,20,21)/b5-4-. The number of hydrogen-bond acceptors (Lipinski definition) is 9. The second-order valence-electron chi connectivity index (χ2n) is 5.36. The average molecular weight is 462 g/mol. The second-order valence-corrected chi connectivity index (χ2v) is 6.76. The summed E-state index contributed by atoms with van der Waals surface area (Å²) in [6.07, 6.45) is 3.37. The highest BCUT2D eigenvalue weighted by Gasteiger charge is 2.15. The quantitative estimate of drug-likeness (QED) is 0.220. The van der Waals surface area contributed by atoms with Crippen molar-refractivity contribution < 1.29 is 52.3 Å². The molecule has 0 heterocycles. The maximum absolute atomic E-state index is 10.8. The predicted octanol–water partition coefficient (Wildman–Crippen LogP) is 3.27. The lowest BCUT2D eigenvalue weighted by Gasteiger charge is -2.13. The van der Waals surface area contributed by atoms with Gasteiger partial charge in [-0.2, -0.15) is 0 Å². The van der Waals surface area contributed by atoms with E-state index in [2.05, 4.69) is 9.35 Å². The molecule has 30 heavy (non-hydrogen) atoms. The Morgan fingerprint density at radius 2 is 1.23 bits per heavy atom. The summed E-state index contributed by atoms with van der Waals surface area (Å²) < 4.78 is 45.7. The lowest BCUT2D eigenvalue weighted by Crippen LogP contribution is -1.97. The van der Waals surface area contributed by atoms with Gasteiger partial charge >= 0.3 is 16.5 Å². The van der Waals surface area contributed by atoms with Crippen LogP contribution in [0.25, 0.3) is 12.2 Å². The highest BCUT2D eigenvalue weighted by atomic mass is 31.1. The van der Waals surface area contributed by atoms with E-state index < -0.39 is 16.5 Å². The molecule has 2 aromatic rings. The molecule has 0 aromatic heterocycles. The van der Waals surface area contributed by atoms with E-state index in [4.69, 9.17) is 33.8 Å². The molecule has 0 saturated carbocycles. The SMILES string of the molecule is COc1ccc(/C=C\c2cc(OC)c(OC)c(OO[PH](=O)O)c2)cc1OO[PH](=O)O. The largest absolute Gasteiger partial charge is 0.493 e. The molecule has 0 spiro atoms. The summed E-state index contributed by atoms with van der Waals surface area (Å²) in [6.45, 7) is 0. The van der Waals surface area contributed by atoms with E-state index in [1.54, 1.807) is 30.4 Å². The Morgan fingerprint density at radius 1 is 0.700 bits per heavy atom. The lowest BCUT2D eigenvalue weighted by molar-refractivity contribution is -0.103. The zero-order valence-corrected chi connectivity index (χ0v) is 18.1. The Kier molecular flexibility index (Phi) is 9.19. The molecule has 164 valence electrons. The summed E-state index contributed by atoms with van der Waals surface area (Å²) in [7, 11) is -2.41. The van der Waals surface area contributed by atoms with Gasteiger partial charge < -0.3 is 33.8 Å². The van der Waals surface area contributed by atoms with Gasteiger partial charge in [0.05, 0.1) is 21.3 Å². The summed E-state index contributed by atoms with van der Waals surface area (Å²) in [5.74, 6) is 0.910. The van der Waals surface area contributed by atoms with E-state index in [1.165, 1.54) is 33.5 Å². The van der Waals surface area contributed by atoms with Crippen LogP contribution in [0.5, 0.6) is 28.7 Å². The molecule has 0 bridgehead atoms. The molecule has 2 rings (SSSR count). The van der Waals surface area contributed by atoms with Crippen LogP contribution in [-0.4, -0.2) is 31.1 Å². The first-order valence-corrected chi connectivity index (χ1v) is 10.7. The molecular formula is C17H20O11P2. The summed E-state index contributed by atoms with van der Waals surface area (Å²) in [5.41, 5.74) is 1.22. The number of ether oxygens (including phenoxy) is 3. The molecule has 2 atom stereocenters.